The number of amides is 2. The van der Waals surface area contributed by atoms with Gasteiger partial charge in [-0.05, 0) is 6.07 Å². The summed E-state index contributed by atoms with van der Waals surface area (Å²) in [6.07, 6.45) is 4.18. The van der Waals surface area contributed by atoms with Crippen molar-refractivity contribution in [1.29, 1.82) is 0 Å². The number of aromatic nitrogens is 2. The van der Waals surface area contributed by atoms with E-state index in [9.17, 15) is 9.59 Å². The standard InChI is InChI=1S/C13H17N5O2/c19-11-2-3-12(20)18(11)10-16-6-8-17(9-7-16)13-14-4-1-5-15-13/h1,4-5H,2-3,6-10H2. The van der Waals surface area contributed by atoms with E-state index in [1.54, 1.807) is 18.5 Å². The number of likely N-dealkylation sites (tertiary alicyclic amines) is 1. The smallest absolute Gasteiger partial charge is 0.230 e. The first-order valence-electron chi connectivity index (χ1n) is 6.81. The minimum Gasteiger partial charge on any atom is -0.338 e. The maximum absolute atomic E-state index is 11.6. The second kappa shape index (κ2) is 5.54. The molecule has 106 valence electrons. The van der Waals surface area contributed by atoms with Crippen molar-refractivity contribution in [1.82, 2.24) is 19.8 Å². The van der Waals surface area contributed by atoms with Crippen LogP contribution in [0.5, 0.6) is 0 Å². The van der Waals surface area contributed by atoms with Gasteiger partial charge in [0.1, 0.15) is 0 Å². The van der Waals surface area contributed by atoms with Crippen molar-refractivity contribution in [2.75, 3.05) is 37.7 Å². The molecule has 0 aromatic carbocycles. The van der Waals surface area contributed by atoms with Gasteiger partial charge < -0.3 is 4.90 Å². The summed E-state index contributed by atoms with van der Waals surface area (Å²) in [6.45, 7) is 3.63. The van der Waals surface area contributed by atoms with E-state index in [4.69, 9.17) is 0 Å². The summed E-state index contributed by atoms with van der Waals surface area (Å²) in [5.74, 6) is 0.633. The van der Waals surface area contributed by atoms with Crippen LogP contribution in [0.25, 0.3) is 0 Å². The topological polar surface area (TPSA) is 69.6 Å². The summed E-state index contributed by atoms with van der Waals surface area (Å²) in [5.41, 5.74) is 0. The second-order valence-corrected chi connectivity index (χ2v) is 5.01. The first kappa shape index (κ1) is 13.0. The maximum Gasteiger partial charge on any atom is 0.230 e. The first-order chi connectivity index (χ1) is 9.74. The van der Waals surface area contributed by atoms with Gasteiger partial charge in [-0.1, -0.05) is 0 Å². The molecule has 0 bridgehead atoms. The van der Waals surface area contributed by atoms with E-state index in [0.717, 1.165) is 32.1 Å². The predicted molar refractivity (Wildman–Crippen MR) is 71.8 cm³/mol. The fraction of sp³-hybridized carbons (Fsp3) is 0.538. The Hall–Kier alpha value is -2.02. The van der Waals surface area contributed by atoms with Crippen LogP contribution in [0.3, 0.4) is 0 Å². The number of carbonyl (C=O) groups is 2. The molecule has 0 saturated carbocycles. The molecule has 0 N–H and O–H groups in total. The van der Waals surface area contributed by atoms with E-state index < -0.39 is 0 Å². The van der Waals surface area contributed by atoms with E-state index in [-0.39, 0.29) is 11.8 Å². The average Bonchev–Trinajstić information content (AvgIpc) is 2.81. The molecule has 0 atom stereocenters. The zero-order valence-electron chi connectivity index (χ0n) is 11.2. The van der Waals surface area contributed by atoms with Gasteiger partial charge in [0.15, 0.2) is 0 Å². The van der Waals surface area contributed by atoms with Gasteiger partial charge in [-0.3, -0.25) is 19.4 Å². The van der Waals surface area contributed by atoms with Crippen molar-refractivity contribution < 1.29 is 9.59 Å². The number of rotatable bonds is 3. The number of hydrogen-bond donors (Lipinski definition) is 0. The van der Waals surface area contributed by atoms with E-state index in [1.165, 1.54) is 4.90 Å². The zero-order chi connectivity index (χ0) is 13.9. The van der Waals surface area contributed by atoms with Crippen molar-refractivity contribution in [2.24, 2.45) is 0 Å². The molecular formula is C13H17N5O2. The third-order valence-electron chi connectivity index (χ3n) is 3.70. The van der Waals surface area contributed by atoms with Gasteiger partial charge in [0.2, 0.25) is 17.8 Å². The van der Waals surface area contributed by atoms with Gasteiger partial charge in [-0.25, -0.2) is 9.97 Å². The molecular weight excluding hydrogens is 258 g/mol. The summed E-state index contributed by atoms with van der Waals surface area (Å²) < 4.78 is 0. The molecule has 0 aliphatic carbocycles. The Labute approximate surface area is 117 Å². The van der Waals surface area contributed by atoms with Crippen LogP contribution < -0.4 is 4.90 Å². The molecule has 0 unspecified atom stereocenters. The highest BCUT2D eigenvalue weighted by Crippen LogP contribution is 2.14. The number of carbonyl (C=O) groups excluding carboxylic acids is 2. The minimum atomic E-state index is -0.0520. The van der Waals surface area contributed by atoms with Gasteiger partial charge in [0, 0.05) is 51.4 Å². The Balaban J connectivity index is 1.54. The van der Waals surface area contributed by atoms with Crippen LogP contribution in [-0.2, 0) is 9.59 Å². The lowest BCUT2D eigenvalue weighted by atomic mass is 10.3. The number of piperazine rings is 1. The molecule has 0 radical (unpaired) electrons. The van der Waals surface area contributed by atoms with Gasteiger partial charge in [-0.15, -0.1) is 0 Å². The molecule has 2 aliphatic heterocycles. The van der Waals surface area contributed by atoms with Crippen molar-refractivity contribution in [2.45, 2.75) is 12.8 Å². The zero-order valence-corrected chi connectivity index (χ0v) is 11.2. The van der Waals surface area contributed by atoms with Gasteiger partial charge in [0.05, 0.1) is 6.67 Å². The lowest BCUT2D eigenvalue weighted by Gasteiger charge is -2.36. The summed E-state index contributed by atoms with van der Waals surface area (Å²) in [4.78, 5) is 37.3. The monoisotopic (exact) mass is 275 g/mol. The average molecular weight is 275 g/mol. The lowest BCUT2D eigenvalue weighted by Crippen LogP contribution is -2.51. The summed E-state index contributed by atoms with van der Waals surface area (Å²) in [7, 11) is 0. The largest absolute Gasteiger partial charge is 0.338 e. The Morgan fingerprint density at radius 2 is 1.55 bits per heavy atom. The van der Waals surface area contributed by atoms with Crippen molar-refractivity contribution in [3.05, 3.63) is 18.5 Å². The van der Waals surface area contributed by atoms with Crippen LogP contribution >= 0.6 is 0 Å². The molecule has 2 fully saturated rings. The van der Waals surface area contributed by atoms with Crippen molar-refractivity contribution in [3.8, 4) is 0 Å². The van der Waals surface area contributed by atoms with Crippen molar-refractivity contribution >= 4 is 17.8 Å². The molecule has 3 rings (SSSR count). The first-order valence-corrected chi connectivity index (χ1v) is 6.81. The molecule has 1 aromatic rings. The Morgan fingerprint density at radius 3 is 2.15 bits per heavy atom. The highest BCUT2D eigenvalue weighted by Gasteiger charge is 2.31. The van der Waals surface area contributed by atoms with E-state index in [2.05, 4.69) is 19.8 Å². The molecule has 7 heteroatoms. The Bertz CT molecular complexity index is 483. The molecule has 2 saturated heterocycles. The van der Waals surface area contributed by atoms with Gasteiger partial charge >= 0.3 is 0 Å². The van der Waals surface area contributed by atoms with Crippen molar-refractivity contribution in [3.63, 3.8) is 0 Å². The maximum atomic E-state index is 11.6. The third kappa shape index (κ3) is 2.62. The molecule has 0 spiro atoms. The third-order valence-corrected chi connectivity index (χ3v) is 3.70. The second-order valence-electron chi connectivity index (χ2n) is 5.01. The fourth-order valence-corrected chi connectivity index (χ4v) is 2.52. The van der Waals surface area contributed by atoms with Crippen LogP contribution in [0.2, 0.25) is 0 Å². The van der Waals surface area contributed by atoms with Crippen LogP contribution in [0.4, 0.5) is 5.95 Å². The highest BCUT2D eigenvalue weighted by molar-refractivity contribution is 6.01. The minimum absolute atomic E-state index is 0.0520. The molecule has 1 aromatic heterocycles. The van der Waals surface area contributed by atoms with Crippen LogP contribution in [0, 0.1) is 0 Å². The molecule has 2 amide bonds. The fourth-order valence-electron chi connectivity index (χ4n) is 2.52. The quantitative estimate of drug-likeness (QED) is 0.706. The number of hydrogen-bond acceptors (Lipinski definition) is 6. The number of imide groups is 1. The Kier molecular flexibility index (Phi) is 3.60. The van der Waals surface area contributed by atoms with Gasteiger partial charge in [-0.2, -0.15) is 0 Å². The van der Waals surface area contributed by atoms with Crippen LogP contribution in [0.1, 0.15) is 12.8 Å². The Morgan fingerprint density at radius 1 is 0.950 bits per heavy atom. The molecule has 7 nitrogen and oxygen atoms in total. The summed E-state index contributed by atoms with van der Waals surface area (Å²) >= 11 is 0. The summed E-state index contributed by atoms with van der Waals surface area (Å²) in [5, 5.41) is 0. The van der Waals surface area contributed by atoms with E-state index in [0.29, 0.717) is 19.5 Å². The molecule has 3 heterocycles. The molecule has 20 heavy (non-hydrogen) atoms. The van der Waals surface area contributed by atoms with Crippen LogP contribution in [0.15, 0.2) is 18.5 Å². The SMILES string of the molecule is O=C1CCC(=O)N1CN1CCN(c2ncccn2)CC1. The normalized spacial score (nSPS) is 20.8. The van der Waals surface area contributed by atoms with Crippen LogP contribution in [-0.4, -0.2) is 64.4 Å². The predicted octanol–water partition coefficient (Wildman–Crippen LogP) is -0.295. The van der Waals surface area contributed by atoms with E-state index in [1.807, 2.05) is 0 Å². The number of nitrogens with zero attached hydrogens (tertiary/aromatic N) is 5. The molecule has 2 aliphatic rings. The lowest BCUT2D eigenvalue weighted by molar-refractivity contribution is -0.140. The number of anilines is 1. The highest BCUT2D eigenvalue weighted by atomic mass is 16.2. The van der Waals surface area contributed by atoms with Gasteiger partial charge in [0.25, 0.3) is 0 Å². The summed E-state index contributed by atoms with van der Waals surface area (Å²) in [6, 6.07) is 1.80. The van der Waals surface area contributed by atoms with E-state index >= 15 is 0 Å².